The molecule has 0 spiro atoms. The van der Waals surface area contributed by atoms with Gasteiger partial charge in [0, 0.05) is 32.4 Å². The molecule has 27 N–H and O–H groups in total. The first-order chi connectivity index (χ1) is 51.4. The molecule has 0 aliphatic rings. The van der Waals surface area contributed by atoms with Crippen molar-refractivity contribution in [3.8, 4) is 5.75 Å². The zero-order chi connectivity index (χ0) is 82.0. The number of carboxylic acids is 2. The van der Waals surface area contributed by atoms with E-state index in [4.69, 9.17) is 33.8 Å². The maximum atomic E-state index is 14.7. The molecule has 37 nitrogen and oxygen atoms in total. The van der Waals surface area contributed by atoms with Crippen molar-refractivity contribution >= 4 is 107 Å². The molecule has 0 fully saturated rings. The molecule has 0 heterocycles. The topological polar surface area (TPSA) is 620 Å². The van der Waals surface area contributed by atoms with Crippen LogP contribution in [0.25, 0.3) is 0 Å². The highest BCUT2D eigenvalue weighted by Crippen LogP contribution is 2.16. The number of aromatic hydroxyl groups is 1. The summed E-state index contributed by atoms with van der Waals surface area (Å²) in [5, 5.41) is 80.7. The fourth-order valence-corrected chi connectivity index (χ4v) is 11.3. The number of benzene rings is 2. The van der Waals surface area contributed by atoms with Crippen LogP contribution in [-0.2, 0) is 80.0 Å². The minimum Gasteiger partial charge on any atom is -0.508 e. The largest absolute Gasteiger partial charge is 0.508 e. The lowest BCUT2D eigenvalue weighted by Crippen LogP contribution is -2.62. The van der Waals surface area contributed by atoms with E-state index < -0.39 is 193 Å². The molecule has 2 aromatic rings. The number of rotatable bonds is 52. The predicted molar refractivity (Wildman–Crippen MR) is 408 cm³/mol. The van der Waals surface area contributed by atoms with Gasteiger partial charge in [0.15, 0.2) is 11.9 Å². The van der Waals surface area contributed by atoms with Crippen molar-refractivity contribution in [3.63, 3.8) is 0 Å². The van der Waals surface area contributed by atoms with Gasteiger partial charge in [-0.15, -0.1) is 0 Å². The first-order valence-electron chi connectivity index (χ1n) is 36.4. The Kier molecular flexibility index (Phi) is 43.7. The summed E-state index contributed by atoms with van der Waals surface area (Å²) in [6.45, 7) is 12.3. The van der Waals surface area contributed by atoms with Crippen LogP contribution >= 0.6 is 11.8 Å². The van der Waals surface area contributed by atoms with E-state index in [0.717, 1.165) is 0 Å². The highest BCUT2D eigenvalue weighted by atomic mass is 32.2. The van der Waals surface area contributed by atoms with E-state index in [1.165, 1.54) is 37.7 Å². The molecule has 0 saturated carbocycles. The number of guanidine groups is 2. The number of phenols is 1. The van der Waals surface area contributed by atoms with Gasteiger partial charge in [0.25, 0.3) is 0 Å². The van der Waals surface area contributed by atoms with Gasteiger partial charge in [0.05, 0.1) is 12.6 Å². The lowest BCUT2D eigenvalue weighted by Gasteiger charge is -2.31. The smallest absolute Gasteiger partial charge is 0.326 e. The minimum absolute atomic E-state index is 0.0291. The number of carboxylic acid groups (broad SMARTS) is 2. The van der Waals surface area contributed by atoms with Crippen LogP contribution in [0.1, 0.15) is 144 Å². The molecule has 12 amide bonds. The minimum atomic E-state index is -1.57. The first kappa shape index (κ1) is 94.7. The van der Waals surface area contributed by atoms with E-state index in [-0.39, 0.29) is 101 Å². The summed E-state index contributed by atoms with van der Waals surface area (Å²) < 4.78 is 0. The number of hydrogen-bond acceptors (Lipinski definition) is 20. The summed E-state index contributed by atoms with van der Waals surface area (Å²) >= 11 is 1.48. The van der Waals surface area contributed by atoms with Gasteiger partial charge in [-0.25, -0.2) is 4.79 Å². The molecule has 0 saturated heterocycles. The summed E-state index contributed by atoms with van der Waals surface area (Å²) in [4.78, 5) is 192. The molecule has 2 rings (SSSR count). The first-order valence-corrected chi connectivity index (χ1v) is 37.8. The van der Waals surface area contributed by atoms with E-state index in [1.807, 2.05) is 6.26 Å². The quantitative estimate of drug-likeness (QED) is 0.0179. The number of phenolic OH excluding ortho intramolecular Hbond substituents is 1. The van der Waals surface area contributed by atoms with E-state index >= 15 is 0 Å². The van der Waals surface area contributed by atoms with Crippen LogP contribution in [0.4, 0.5) is 0 Å². The maximum Gasteiger partial charge on any atom is 0.326 e. The van der Waals surface area contributed by atoms with Gasteiger partial charge >= 0.3 is 11.9 Å². The number of aliphatic carboxylic acids is 2. The molecule has 0 aliphatic carbocycles. The Bertz CT molecular complexity index is 3360. The van der Waals surface area contributed by atoms with Crippen molar-refractivity contribution in [1.29, 1.82) is 10.8 Å². The van der Waals surface area contributed by atoms with Crippen molar-refractivity contribution in [3.05, 3.63) is 65.7 Å². The Morgan fingerprint density at radius 1 is 0.468 bits per heavy atom. The zero-order valence-electron chi connectivity index (χ0n) is 63.6. The van der Waals surface area contributed by atoms with Gasteiger partial charge in [-0.3, -0.25) is 73.1 Å². The molecule has 608 valence electrons. The predicted octanol–water partition coefficient (Wildman–Crippen LogP) is -2.90. The van der Waals surface area contributed by atoms with E-state index in [0.29, 0.717) is 29.7 Å². The highest BCUT2D eigenvalue weighted by Gasteiger charge is 2.38. The van der Waals surface area contributed by atoms with Crippen LogP contribution in [0.2, 0.25) is 0 Å². The molecule has 2 aromatic carbocycles. The summed E-state index contributed by atoms with van der Waals surface area (Å²) in [6.07, 6.45) is 1.75. The average molecular weight is 1550 g/mol. The number of nitrogens with one attached hydrogen (secondary N) is 16. The van der Waals surface area contributed by atoms with Crippen molar-refractivity contribution in [2.24, 2.45) is 40.7 Å². The van der Waals surface area contributed by atoms with Crippen molar-refractivity contribution < 1.29 is 82.4 Å². The molecule has 0 radical (unpaired) electrons. The van der Waals surface area contributed by atoms with E-state index in [9.17, 15) is 82.4 Å². The summed E-state index contributed by atoms with van der Waals surface area (Å²) in [5.74, 6) is -14.8. The Morgan fingerprint density at radius 3 is 1.41 bits per heavy atom. The van der Waals surface area contributed by atoms with Crippen LogP contribution in [0.15, 0.2) is 54.6 Å². The standard InChI is InChI=1S/C71H116N20O17S/c1-10-40(6)57(91-67(105)56(39(4)5)90-65(103)49(22-17-32-79-71(76)77)83-58(96)41(7)81-54(93)37-80-61(99)52(35-44-23-25-45(92)26-24-44)88-60(98)46(73)29-33-109-9)68(106)86-48(21-16-31-78-70(74)75)63(101)84-47(20-14-15-30-72)62(100)82-42(8)59(97)87-51(34-38(2)3)66(104)85-50(27-28-55(94)95)64(102)89-53(69(107)108)36-43-18-12-11-13-19-43/h11-13,18-19,23-26,38-42,46-53,56-57,92H,10,14-17,20-22,27-37,72-73H2,1-9H3,(H,80,99)(H,81,93)(H,82,100)(H,83,96)(H,84,101)(H,85,104)(H,86,106)(H,87,97)(H,88,98)(H,89,102)(H,90,103)(H,91,105)(H,94,95)(H,107,108)(H4,74,75,78)(H4,76,77,79)/t40-,41-,42-,46-,47-,48-,49-,50-,51-,52-,53-,56-,57-/m0/s1. The third-order valence-corrected chi connectivity index (χ3v) is 17.9. The molecule has 0 unspecified atom stereocenters. The average Bonchev–Trinajstić information content (AvgIpc) is 0.863. The Labute approximate surface area is 639 Å². The normalized spacial score (nSPS) is 14.7. The van der Waals surface area contributed by atoms with Gasteiger partial charge < -0.3 is 113 Å². The van der Waals surface area contributed by atoms with E-state index in [1.54, 1.807) is 84.0 Å². The summed E-state index contributed by atoms with van der Waals surface area (Å²) in [5.41, 5.74) is 24.0. The van der Waals surface area contributed by atoms with Crippen molar-refractivity contribution in [2.45, 2.75) is 218 Å². The monoisotopic (exact) mass is 1550 g/mol. The van der Waals surface area contributed by atoms with Gasteiger partial charge in [0.1, 0.15) is 72.2 Å². The third kappa shape index (κ3) is 37.3. The van der Waals surface area contributed by atoms with Crippen LogP contribution in [0.3, 0.4) is 0 Å². The number of amides is 12. The molecule has 13 atom stereocenters. The zero-order valence-corrected chi connectivity index (χ0v) is 64.4. The Balaban J connectivity index is 2.40. The SMILES string of the molecule is CC[C@H](C)[C@H](NC(=O)[C@@H](NC(=O)[C@H](CCCNC(=N)N)NC(=O)[C@H](C)NC(=O)CNC(=O)[C@H](Cc1ccc(O)cc1)NC(=O)[C@@H](N)CCSC)C(C)C)C(=O)N[C@@H](CCCNC(=N)N)C(=O)N[C@@H](CCCCN)C(=O)N[C@@H](C)C(=O)N[C@@H](CC(C)C)C(=O)N[C@@H](CCC(=O)O)C(=O)N[C@@H](Cc1ccccc1)C(=O)O. The fourth-order valence-electron chi connectivity index (χ4n) is 10.8. The number of carbonyl (C=O) groups is 14. The lowest BCUT2D eigenvalue weighted by molar-refractivity contribution is -0.143. The highest BCUT2D eigenvalue weighted by molar-refractivity contribution is 7.98. The van der Waals surface area contributed by atoms with Gasteiger partial charge in [-0.2, -0.15) is 11.8 Å². The Morgan fingerprint density at radius 2 is 0.908 bits per heavy atom. The Hall–Kier alpha value is -10.4. The molecule has 38 heteroatoms. The third-order valence-electron chi connectivity index (χ3n) is 17.3. The van der Waals surface area contributed by atoms with Crippen LogP contribution in [-0.4, -0.2) is 221 Å². The number of nitrogens with two attached hydrogens (primary N) is 4. The lowest BCUT2D eigenvalue weighted by atomic mass is 9.95. The van der Waals surface area contributed by atoms with Gasteiger partial charge in [-0.1, -0.05) is 90.4 Å². The number of carbonyl (C=O) groups excluding carboxylic acids is 12. The molecular formula is C71H116N20O17S. The van der Waals surface area contributed by atoms with Crippen molar-refractivity contribution in [1.82, 2.24) is 74.4 Å². The maximum absolute atomic E-state index is 14.7. The van der Waals surface area contributed by atoms with E-state index in [2.05, 4.69) is 74.4 Å². The van der Waals surface area contributed by atoms with Crippen LogP contribution in [0, 0.1) is 28.6 Å². The second kappa shape index (κ2) is 50.3. The molecule has 0 aliphatic heterocycles. The van der Waals surface area contributed by atoms with Crippen LogP contribution in [0.5, 0.6) is 5.75 Å². The summed E-state index contributed by atoms with van der Waals surface area (Å²) in [7, 11) is 0. The fraction of sp³-hybridized carbons (Fsp3) is 0.606. The molecule has 0 aromatic heterocycles. The number of unbranched alkanes of at least 4 members (excludes halogenated alkanes) is 1. The number of thioether (sulfide) groups is 1. The summed E-state index contributed by atoms with van der Waals surface area (Å²) in [6, 6.07) is -2.10. The number of hydrogen-bond donors (Lipinski definition) is 23. The van der Waals surface area contributed by atoms with Crippen LogP contribution < -0.4 is 97.4 Å². The van der Waals surface area contributed by atoms with Crippen molar-refractivity contribution in [2.75, 3.05) is 38.2 Å². The second-order valence-corrected chi connectivity index (χ2v) is 28.4. The second-order valence-electron chi connectivity index (χ2n) is 27.4. The molecule has 0 bridgehead atoms. The van der Waals surface area contributed by atoms with Gasteiger partial charge in [-0.05, 0) is 138 Å². The van der Waals surface area contributed by atoms with Gasteiger partial charge in [0.2, 0.25) is 70.9 Å². The molecular weight excluding hydrogens is 1440 g/mol. The molecule has 109 heavy (non-hydrogen) atoms.